The molecule has 1 aliphatic rings. The Bertz CT molecular complexity index is 442. The van der Waals surface area contributed by atoms with Gasteiger partial charge in [0.25, 0.3) is 0 Å². The lowest BCUT2D eigenvalue weighted by Gasteiger charge is -2.22. The number of hydrogen-bond donors (Lipinski definition) is 1. The van der Waals surface area contributed by atoms with Crippen molar-refractivity contribution in [2.45, 2.75) is 38.2 Å². The van der Waals surface area contributed by atoms with Crippen molar-refractivity contribution in [2.75, 3.05) is 6.61 Å². The summed E-state index contributed by atoms with van der Waals surface area (Å²) in [7, 11) is 0. The summed E-state index contributed by atoms with van der Waals surface area (Å²) in [5.74, 6) is 0.698. The molecule has 1 aromatic rings. The summed E-state index contributed by atoms with van der Waals surface area (Å²) in [4.78, 5) is 0. The molecule has 1 N–H and O–H groups in total. The fraction of sp³-hybridized carbons (Fsp3) is 0.500. The standard InChI is InChI=1S/C14H17NO2/c1-11-4-5-12(9-15)8-13(11)17-10-14(16)6-2-3-7-14/h4-5,8,16H,2-3,6-7,10H2,1H3. The molecule has 0 bridgehead atoms. The molecule has 0 heterocycles. The van der Waals surface area contributed by atoms with Gasteiger partial charge in [-0.2, -0.15) is 5.26 Å². The monoisotopic (exact) mass is 231 g/mol. The van der Waals surface area contributed by atoms with Gasteiger partial charge in [0.1, 0.15) is 12.4 Å². The van der Waals surface area contributed by atoms with Crippen LogP contribution in [0.4, 0.5) is 0 Å². The van der Waals surface area contributed by atoms with E-state index < -0.39 is 5.60 Å². The molecular weight excluding hydrogens is 214 g/mol. The van der Waals surface area contributed by atoms with E-state index >= 15 is 0 Å². The maximum absolute atomic E-state index is 10.2. The van der Waals surface area contributed by atoms with Gasteiger partial charge in [0, 0.05) is 0 Å². The van der Waals surface area contributed by atoms with Crippen molar-refractivity contribution < 1.29 is 9.84 Å². The van der Waals surface area contributed by atoms with Gasteiger partial charge < -0.3 is 9.84 Å². The molecule has 0 radical (unpaired) electrons. The summed E-state index contributed by atoms with van der Waals surface area (Å²) >= 11 is 0. The van der Waals surface area contributed by atoms with E-state index in [2.05, 4.69) is 6.07 Å². The minimum atomic E-state index is -0.672. The molecule has 0 atom stereocenters. The largest absolute Gasteiger partial charge is 0.490 e. The van der Waals surface area contributed by atoms with Crippen molar-refractivity contribution in [1.29, 1.82) is 5.26 Å². The molecule has 90 valence electrons. The highest BCUT2D eigenvalue weighted by Gasteiger charge is 2.32. The summed E-state index contributed by atoms with van der Waals surface area (Å²) < 4.78 is 5.67. The van der Waals surface area contributed by atoms with Crippen molar-refractivity contribution >= 4 is 0 Å². The fourth-order valence-electron chi connectivity index (χ4n) is 2.21. The summed E-state index contributed by atoms with van der Waals surface area (Å²) in [6.07, 6.45) is 3.75. The number of nitrogens with zero attached hydrogens (tertiary/aromatic N) is 1. The van der Waals surface area contributed by atoms with Crippen LogP contribution in [0.3, 0.4) is 0 Å². The highest BCUT2D eigenvalue weighted by molar-refractivity contribution is 5.41. The third kappa shape index (κ3) is 2.78. The van der Waals surface area contributed by atoms with Gasteiger partial charge in [-0.3, -0.25) is 0 Å². The van der Waals surface area contributed by atoms with Crippen LogP contribution in [-0.4, -0.2) is 17.3 Å². The Kier molecular flexibility index (Phi) is 3.35. The molecule has 0 spiro atoms. The van der Waals surface area contributed by atoms with Crippen LogP contribution < -0.4 is 4.74 Å². The summed E-state index contributed by atoms with van der Waals surface area (Å²) in [5, 5.41) is 19.0. The molecule has 0 unspecified atom stereocenters. The van der Waals surface area contributed by atoms with Crippen LogP contribution in [0.15, 0.2) is 18.2 Å². The maximum Gasteiger partial charge on any atom is 0.123 e. The second-order valence-corrected chi connectivity index (χ2v) is 4.81. The van der Waals surface area contributed by atoms with E-state index in [9.17, 15) is 5.11 Å². The molecule has 0 amide bonds. The second kappa shape index (κ2) is 4.77. The first-order valence-electron chi connectivity index (χ1n) is 5.99. The molecule has 0 saturated heterocycles. The van der Waals surface area contributed by atoms with Crippen LogP contribution in [0.2, 0.25) is 0 Å². The van der Waals surface area contributed by atoms with Crippen LogP contribution >= 0.6 is 0 Å². The molecule has 3 nitrogen and oxygen atoms in total. The van der Waals surface area contributed by atoms with Gasteiger partial charge in [0.15, 0.2) is 0 Å². The molecular formula is C14H17NO2. The van der Waals surface area contributed by atoms with Gasteiger partial charge >= 0.3 is 0 Å². The Morgan fingerprint density at radius 3 is 2.76 bits per heavy atom. The molecule has 1 aliphatic carbocycles. The third-order valence-corrected chi connectivity index (χ3v) is 3.35. The third-order valence-electron chi connectivity index (χ3n) is 3.35. The van der Waals surface area contributed by atoms with E-state index in [0.717, 1.165) is 31.2 Å². The Hall–Kier alpha value is -1.53. The lowest BCUT2D eigenvalue weighted by Crippen LogP contribution is -2.32. The number of ether oxygens (including phenoxy) is 1. The Balaban J connectivity index is 2.06. The summed E-state index contributed by atoms with van der Waals surface area (Å²) in [5.41, 5.74) is 0.907. The van der Waals surface area contributed by atoms with Crippen LogP contribution in [0.5, 0.6) is 5.75 Å². The number of hydrogen-bond acceptors (Lipinski definition) is 3. The molecule has 17 heavy (non-hydrogen) atoms. The van der Waals surface area contributed by atoms with Crippen LogP contribution in [0, 0.1) is 18.3 Å². The first-order valence-corrected chi connectivity index (χ1v) is 5.99. The Morgan fingerprint density at radius 2 is 2.12 bits per heavy atom. The molecule has 1 aromatic carbocycles. The topological polar surface area (TPSA) is 53.2 Å². The van der Waals surface area contributed by atoms with Gasteiger partial charge in [-0.15, -0.1) is 0 Å². The number of nitriles is 1. The second-order valence-electron chi connectivity index (χ2n) is 4.81. The van der Waals surface area contributed by atoms with Crippen molar-refractivity contribution in [1.82, 2.24) is 0 Å². The summed E-state index contributed by atoms with van der Waals surface area (Å²) in [6, 6.07) is 7.46. The van der Waals surface area contributed by atoms with Gasteiger partial charge in [-0.1, -0.05) is 18.9 Å². The van der Waals surface area contributed by atoms with Crippen molar-refractivity contribution in [3.05, 3.63) is 29.3 Å². The predicted octanol–water partition coefficient (Wildman–Crippen LogP) is 2.55. The van der Waals surface area contributed by atoms with Crippen LogP contribution in [0.1, 0.15) is 36.8 Å². The highest BCUT2D eigenvalue weighted by Crippen LogP contribution is 2.30. The summed E-state index contributed by atoms with van der Waals surface area (Å²) in [6.45, 7) is 2.26. The molecule has 3 heteroatoms. The first-order chi connectivity index (χ1) is 8.13. The maximum atomic E-state index is 10.2. The number of benzene rings is 1. The van der Waals surface area contributed by atoms with E-state index in [0.29, 0.717) is 17.9 Å². The van der Waals surface area contributed by atoms with E-state index in [4.69, 9.17) is 10.00 Å². The first kappa shape index (κ1) is 11.9. The minimum absolute atomic E-state index is 0.322. The van der Waals surface area contributed by atoms with E-state index in [1.54, 1.807) is 12.1 Å². The van der Waals surface area contributed by atoms with Gasteiger partial charge in [-0.05, 0) is 37.5 Å². The molecule has 0 aromatic heterocycles. The fourth-order valence-corrected chi connectivity index (χ4v) is 2.21. The van der Waals surface area contributed by atoms with Crippen molar-refractivity contribution in [3.63, 3.8) is 0 Å². The van der Waals surface area contributed by atoms with E-state index in [-0.39, 0.29) is 0 Å². The average Bonchev–Trinajstić information content (AvgIpc) is 2.76. The van der Waals surface area contributed by atoms with Crippen LogP contribution in [0.25, 0.3) is 0 Å². The smallest absolute Gasteiger partial charge is 0.123 e. The van der Waals surface area contributed by atoms with E-state index in [1.165, 1.54) is 0 Å². The molecule has 0 aliphatic heterocycles. The van der Waals surface area contributed by atoms with Crippen molar-refractivity contribution in [3.8, 4) is 11.8 Å². The zero-order chi connectivity index (χ0) is 12.3. The quantitative estimate of drug-likeness (QED) is 0.869. The normalized spacial score (nSPS) is 17.7. The van der Waals surface area contributed by atoms with Crippen LogP contribution in [-0.2, 0) is 0 Å². The van der Waals surface area contributed by atoms with E-state index in [1.807, 2.05) is 13.0 Å². The number of aliphatic hydroxyl groups is 1. The van der Waals surface area contributed by atoms with Gasteiger partial charge in [0.2, 0.25) is 0 Å². The van der Waals surface area contributed by atoms with Crippen molar-refractivity contribution in [2.24, 2.45) is 0 Å². The molecule has 1 saturated carbocycles. The zero-order valence-electron chi connectivity index (χ0n) is 10.1. The lowest BCUT2D eigenvalue weighted by atomic mass is 10.0. The predicted molar refractivity (Wildman–Crippen MR) is 64.8 cm³/mol. The molecule has 2 rings (SSSR count). The average molecular weight is 231 g/mol. The SMILES string of the molecule is Cc1ccc(C#N)cc1OCC1(O)CCCC1. The highest BCUT2D eigenvalue weighted by atomic mass is 16.5. The number of rotatable bonds is 3. The van der Waals surface area contributed by atoms with Gasteiger partial charge in [0.05, 0.1) is 17.2 Å². The Morgan fingerprint density at radius 1 is 1.41 bits per heavy atom. The Labute approximate surface area is 102 Å². The molecule has 1 fully saturated rings. The number of aryl methyl sites for hydroxylation is 1. The van der Waals surface area contributed by atoms with Gasteiger partial charge in [-0.25, -0.2) is 0 Å². The minimum Gasteiger partial charge on any atom is -0.490 e. The lowest BCUT2D eigenvalue weighted by molar-refractivity contribution is 0.00122. The zero-order valence-corrected chi connectivity index (χ0v) is 10.1.